The molecule has 0 spiro atoms. The molecule has 1 saturated carbocycles. The summed E-state index contributed by atoms with van der Waals surface area (Å²) in [7, 11) is 1.77. The van der Waals surface area contributed by atoms with Crippen molar-refractivity contribution in [2.45, 2.75) is 19.3 Å². The quantitative estimate of drug-likeness (QED) is 0.889. The van der Waals surface area contributed by atoms with Gasteiger partial charge in [-0.2, -0.15) is 0 Å². The first-order valence-corrected chi connectivity index (χ1v) is 6.57. The first-order valence-electron chi connectivity index (χ1n) is 5.78. The molecule has 1 fully saturated rings. The molecule has 2 rings (SSSR count). The molecule has 1 aliphatic rings. The number of nitrogens with one attached hydrogen (secondary N) is 1. The fraction of sp³-hybridized carbons (Fsp3) is 0.500. The van der Waals surface area contributed by atoms with Crippen LogP contribution in [0.4, 0.5) is 0 Å². The number of carboxylic acid groups (broad SMARTS) is 1. The Labute approximate surface area is 113 Å². The van der Waals surface area contributed by atoms with E-state index in [9.17, 15) is 9.59 Å². The maximum absolute atomic E-state index is 11.9. The molecule has 18 heavy (non-hydrogen) atoms. The van der Waals surface area contributed by atoms with Crippen LogP contribution in [0.25, 0.3) is 0 Å². The first-order chi connectivity index (χ1) is 8.44. The van der Waals surface area contributed by atoms with E-state index < -0.39 is 11.4 Å². The zero-order valence-corrected chi connectivity index (χ0v) is 11.7. The molecular weight excluding hydrogens is 300 g/mol. The van der Waals surface area contributed by atoms with Crippen molar-refractivity contribution < 1.29 is 14.7 Å². The molecule has 0 saturated heterocycles. The Morgan fingerprint density at radius 3 is 2.61 bits per heavy atom. The first kappa shape index (κ1) is 13.1. The van der Waals surface area contributed by atoms with Crippen LogP contribution in [0.15, 0.2) is 16.7 Å². The van der Waals surface area contributed by atoms with Gasteiger partial charge in [-0.15, -0.1) is 0 Å². The number of aromatic nitrogens is 1. The van der Waals surface area contributed by atoms with Gasteiger partial charge in [-0.05, 0) is 34.8 Å². The van der Waals surface area contributed by atoms with Gasteiger partial charge in [0.25, 0.3) is 5.91 Å². The number of rotatable bonds is 4. The van der Waals surface area contributed by atoms with Gasteiger partial charge in [0.2, 0.25) is 0 Å². The van der Waals surface area contributed by atoms with Crippen molar-refractivity contribution >= 4 is 27.8 Å². The summed E-state index contributed by atoms with van der Waals surface area (Å²) in [5.41, 5.74) is -0.236. The SMILES string of the molecule is Cn1cc(Br)cc1C(=O)NCC1(C(=O)O)CCC1. The molecule has 6 heteroatoms. The zero-order valence-electron chi connectivity index (χ0n) is 10.1. The predicted molar refractivity (Wildman–Crippen MR) is 69.4 cm³/mol. The fourth-order valence-electron chi connectivity index (χ4n) is 2.16. The largest absolute Gasteiger partial charge is 0.481 e. The lowest BCUT2D eigenvalue weighted by Gasteiger charge is -2.37. The molecule has 98 valence electrons. The van der Waals surface area contributed by atoms with Gasteiger partial charge >= 0.3 is 5.97 Å². The van der Waals surface area contributed by atoms with E-state index in [-0.39, 0.29) is 12.5 Å². The summed E-state index contributed by atoms with van der Waals surface area (Å²) in [6.07, 6.45) is 3.97. The van der Waals surface area contributed by atoms with Gasteiger partial charge in [-0.25, -0.2) is 0 Å². The molecule has 2 N–H and O–H groups in total. The van der Waals surface area contributed by atoms with Crippen LogP contribution in [0.3, 0.4) is 0 Å². The van der Waals surface area contributed by atoms with E-state index in [1.807, 2.05) is 0 Å². The Balaban J connectivity index is 2.00. The van der Waals surface area contributed by atoms with Crippen molar-refractivity contribution in [2.24, 2.45) is 12.5 Å². The summed E-state index contributed by atoms with van der Waals surface area (Å²) in [6.45, 7) is 0.198. The number of amides is 1. The third-order valence-electron chi connectivity index (χ3n) is 3.56. The number of nitrogens with zero attached hydrogens (tertiary/aromatic N) is 1. The number of aryl methyl sites for hydroxylation is 1. The molecule has 0 bridgehead atoms. The van der Waals surface area contributed by atoms with Crippen LogP contribution >= 0.6 is 15.9 Å². The van der Waals surface area contributed by atoms with Crippen molar-refractivity contribution in [3.8, 4) is 0 Å². The average Bonchev–Trinajstić information content (AvgIpc) is 2.55. The highest BCUT2D eigenvalue weighted by molar-refractivity contribution is 9.10. The lowest BCUT2D eigenvalue weighted by molar-refractivity contribution is -0.153. The second-order valence-electron chi connectivity index (χ2n) is 4.78. The van der Waals surface area contributed by atoms with Crippen LogP contribution in [0.1, 0.15) is 29.8 Å². The lowest BCUT2D eigenvalue weighted by atomic mass is 9.69. The minimum absolute atomic E-state index is 0.198. The Kier molecular flexibility index (Phi) is 3.47. The maximum Gasteiger partial charge on any atom is 0.311 e. The van der Waals surface area contributed by atoms with E-state index in [2.05, 4.69) is 21.2 Å². The third kappa shape index (κ3) is 2.29. The summed E-state index contributed by atoms with van der Waals surface area (Å²) in [5.74, 6) is -1.06. The Bertz CT molecular complexity index is 492. The van der Waals surface area contributed by atoms with Crippen molar-refractivity contribution in [1.29, 1.82) is 0 Å². The molecule has 0 aromatic carbocycles. The predicted octanol–water partition coefficient (Wildman–Crippen LogP) is 1.77. The summed E-state index contributed by atoms with van der Waals surface area (Å²) in [4.78, 5) is 23.1. The second kappa shape index (κ2) is 4.76. The summed E-state index contributed by atoms with van der Waals surface area (Å²) < 4.78 is 2.53. The van der Waals surface area contributed by atoms with Crippen LogP contribution in [0.2, 0.25) is 0 Å². The van der Waals surface area contributed by atoms with E-state index in [0.29, 0.717) is 18.5 Å². The molecule has 5 nitrogen and oxygen atoms in total. The van der Waals surface area contributed by atoms with Crippen LogP contribution in [0.5, 0.6) is 0 Å². The van der Waals surface area contributed by atoms with E-state index in [1.54, 1.807) is 23.9 Å². The average molecular weight is 315 g/mol. The minimum Gasteiger partial charge on any atom is -0.481 e. The fourth-order valence-corrected chi connectivity index (χ4v) is 2.68. The molecule has 0 atom stereocenters. The van der Waals surface area contributed by atoms with Crippen molar-refractivity contribution in [3.63, 3.8) is 0 Å². The topological polar surface area (TPSA) is 71.3 Å². The van der Waals surface area contributed by atoms with E-state index in [0.717, 1.165) is 10.9 Å². The molecule has 1 aromatic heterocycles. The molecule has 0 unspecified atom stereocenters. The number of carboxylic acids is 1. The highest BCUT2D eigenvalue weighted by Crippen LogP contribution is 2.40. The molecule has 1 heterocycles. The highest BCUT2D eigenvalue weighted by atomic mass is 79.9. The zero-order chi connectivity index (χ0) is 13.3. The monoisotopic (exact) mass is 314 g/mol. The number of aliphatic carboxylic acids is 1. The van der Waals surface area contributed by atoms with Gasteiger partial charge in [0.05, 0.1) is 5.41 Å². The van der Waals surface area contributed by atoms with Crippen LogP contribution in [-0.4, -0.2) is 28.1 Å². The van der Waals surface area contributed by atoms with Gasteiger partial charge in [0.15, 0.2) is 0 Å². The number of hydrogen-bond acceptors (Lipinski definition) is 2. The Morgan fingerprint density at radius 2 is 2.22 bits per heavy atom. The summed E-state index contributed by atoms with van der Waals surface area (Å²) in [6, 6.07) is 1.71. The molecule has 1 aromatic rings. The lowest BCUT2D eigenvalue weighted by Crippen LogP contribution is -2.47. The summed E-state index contributed by atoms with van der Waals surface area (Å²) >= 11 is 3.29. The number of carbonyl (C=O) groups excluding carboxylic acids is 1. The van der Waals surface area contributed by atoms with E-state index in [4.69, 9.17) is 5.11 Å². The van der Waals surface area contributed by atoms with Crippen LogP contribution in [-0.2, 0) is 11.8 Å². The molecule has 0 aliphatic heterocycles. The Morgan fingerprint density at radius 1 is 1.56 bits per heavy atom. The van der Waals surface area contributed by atoms with Gasteiger partial charge in [0, 0.05) is 24.3 Å². The van der Waals surface area contributed by atoms with Gasteiger partial charge < -0.3 is 15.0 Å². The van der Waals surface area contributed by atoms with Crippen molar-refractivity contribution in [1.82, 2.24) is 9.88 Å². The highest BCUT2D eigenvalue weighted by Gasteiger charge is 2.44. The number of halogens is 1. The molecule has 0 radical (unpaired) electrons. The Hall–Kier alpha value is -1.30. The molecule has 1 amide bonds. The second-order valence-corrected chi connectivity index (χ2v) is 5.69. The van der Waals surface area contributed by atoms with Crippen LogP contribution < -0.4 is 5.32 Å². The van der Waals surface area contributed by atoms with Gasteiger partial charge in [0.1, 0.15) is 5.69 Å². The van der Waals surface area contributed by atoms with E-state index >= 15 is 0 Å². The van der Waals surface area contributed by atoms with Gasteiger partial charge in [-0.3, -0.25) is 9.59 Å². The number of carbonyl (C=O) groups is 2. The maximum atomic E-state index is 11.9. The van der Waals surface area contributed by atoms with Crippen molar-refractivity contribution in [3.05, 3.63) is 22.4 Å². The minimum atomic E-state index is -0.817. The summed E-state index contributed by atoms with van der Waals surface area (Å²) in [5, 5.41) is 11.9. The van der Waals surface area contributed by atoms with E-state index in [1.165, 1.54) is 0 Å². The number of hydrogen-bond donors (Lipinski definition) is 2. The smallest absolute Gasteiger partial charge is 0.311 e. The molecular formula is C12H15BrN2O3. The third-order valence-corrected chi connectivity index (χ3v) is 3.99. The van der Waals surface area contributed by atoms with Crippen LogP contribution in [0, 0.1) is 5.41 Å². The van der Waals surface area contributed by atoms with Crippen molar-refractivity contribution in [2.75, 3.05) is 6.54 Å². The van der Waals surface area contributed by atoms with Gasteiger partial charge in [-0.1, -0.05) is 6.42 Å². The molecule has 1 aliphatic carbocycles. The normalized spacial score (nSPS) is 17.0. The standard InChI is InChI=1S/C12H15BrN2O3/c1-15-6-8(13)5-9(15)10(16)14-7-12(11(17)18)3-2-4-12/h5-6H,2-4,7H2,1H3,(H,14,16)(H,17,18).